The molecule has 2 aliphatic heterocycles. The molecule has 0 bridgehead atoms. The maximum atomic E-state index is 12.9. The van der Waals surface area contributed by atoms with Gasteiger partial charge in [0.05, 0.1) is 16.9 Å². The number of nitrogens with one attached hydrogen (secondary N) is 2. The topological polar surface area (TPSA) is 87.7 Å². The average Bonchev–Trinajstić information content (AvgIpc) is 3.18. The lowest BCUT2D eigenvalue weighted by atomic mass is 10.1. The molecule has 4 rings (SSSR count). The molecule has 0 spiro atoms. The molecular formula is C20H18FN3O4. The highest BCUT2D eigenvalue weighted by Gasteiger charge is 2.36. The van der Waals surface area contributed by atoms with Crippen molar-refractivity contribution in [2.45, 2.75) is 18.9 Å². The van der Waals surface area contributed by atoms with Gasteiger partial charge in [-0.25, -0.2) is 9.18 Å². The molecule has 0 aliphatic carbocycles. The highest BCUT2D eigenvalue weighted by atomic mass is 19.1. The summed E-state index contributed by atoms with van der Waals surface area (Å²) in [6.07, 6.45) is 1.77. The molecule has 1 saturated heterocycles. The zero-order chi connectivity index (χ0) is 19.7. The smallest absolute Gasteiger partial charge is 0.338 e. The Kier molecular flexibility index (Phi) is 4.68. The largest absolute Gasteiger partial charge is 0.452 e. The van der Waals surface area contributed by atoms with Crippen LogP contribution in [0, 0.1) is 5.82 Å². The molecule has 8 heteroatoms. The number of amides is 2. The average molecular weight is 383 g/mol. The summed E-state index contributed by atoms with van der Waals surface area (Å²) in [5, 5.41) is 5.34. The minimum absolute atomic E-state index is 0.0748. The fraction of sp³-hybridized carbons (Fsp3) is 0.250. The number of benzene rings is 2. The van der Waals surface area contributed by atoms with Crippen molar-refractivity contribution < 1.29 is 23.5 Å². The van der Waals surface area contributed by atoms with E-state index in [1.54, 1.807) is 18.2 Å². The molecule has 2 aromatic carbocycles. The Morgan fingerprint density at radius 3 is 2.79 bits per heavy atom. The highest BCUT2D eigenvalue weighted by Crippen LogP contribution is 2.37. The molecule has 0 saturated carbocycles. The van der Waals surface area contributed by atoms with Crippen molar-refractivity contribution in [1.82, 2.24) is 0 Å². The van der Waals surface area contributed by atoms with Crippen LogP contribution >= 0.6 is 0 Å². The number of hydrogen-bond donors (Lipinski definition) is 2. The van der Waals surface area contributed by atoms with Crippen molar-refractivity contribution in [3.8, 4) is 0 Å². The molecule has 1 atom stereocenters. The fourth-order valence-electron chi connectivity index (χ4n) is 3.50. The fourth-order valence-corrected chi connectivity index (χ4v) is 3.50. The minimum Gasteiger partial charge on any atom is -0.452 e. The van der Waals surface area contributed by atoms with Crippen molar-refractivity contribution in [3.63, 3.8) is 0 Å². The number of fused-ring (bicyclic) bond motifs is 3. The van der Waals surface area contributed by atoms with Gasteiger partial charge in [0.1, 0.15) is 11.9 Å². The third-order valence-electron chi connectivity index (χ3n) is 4.82. The van der Waals surface area contributed by atoms with Gasteiger partial charge in [0.15, 0.2) is 6.61 Å². The number of halogens is 1. The Balaban J connectivity index is 1.39. The Bertz CT molecular complexity index is 945. The molecular weight excluding hydrogens is 365 g/mol. The quantitative estimate of drug-likeness (QED) is 0.793. The lowest BCUT2D eigenvalue weighted by Crippen LogP contribution is -2.43. The minimum atomic E-state index is -0.671. The van der Waals surface area contributed by atoms with E-state index in [1.807, 2.05) is 4.90 Å². The molecule has 2 aliphatic rings. The molecule has 28 heavy (non-hydrogen) atoms. The number of anilines is 3. The maximum absolute atomic E-state index is 12.9. The van der Waals surface area contributed by atoms with Crippen molar-refractivity contribution in [2.75, 3.05) is 28.7 Å². The van der Waals surface area contributed by atoms with E-state index in [0.29, 0.717) is 11.4 Å². The zero-order valence-corrected chi connectivity index (χ0v) is 14.9. The number of rotatable bonds is 4. The van der Waals surface area contributed by atoms with Gasteiger partial charge in [-0.15, -0.1) is 0 Å². The summed E-state index contributed by atoms with van der Waals surface area (Å²) < 4.78 is 17.9. The van der Waals surface area contributed by atoms with Gasteiger partial charge in [-0.2, -0.15) is 0 Å². The number of esters is 1. The molecule has 7 nitrogen and oxygen atoms in total. The van der Waals surface area contributed by atoms with Crippen molar-refractivity contribution in [1.29, 1.82) is 0 Å². The van der Waals surface area contributed by atoms with E-state index in [9.17, 15) is 18.8 Å². The molecule has 1 fully saturated rings. The van der Waals surface area contributed by atoms with Crippen molar-refractivity contribution in [2.24, 2.45) is 0 Å². The third-order valence-corrected chi connectivity index (χ3v) is 4.82. The van der Waals surface area contributed by atoms with Crippen LogP contribution in [-0.4, -0.2) is 37.0 Å². The van der Waals surface area contributed by atoms with Crippen LogP contribution in [-0.2, 0) is 14.3 Å². The monoisotopic (exact) mass is 383 g/mol. The Morgan fingerprint density at radius 2 is 2.00 bits per heavy atom. The van der Waals surface area contributed by atoms with Crippen LogP contribution in [0.2, 0.25) is 0 Å². The molecule has 2 heterocycles. The SMILES string of the molecule is O=C(COC(=O)c1ccc2c(c1)NC(=O)[C@H]1CCCN21)Nc1ccc(F)cc1. The molecule has 2 N–H and O–H groups in total. The summed E-state index contributed by atoms with van der Waals surface area (Å²) in [5.74, 6) is -1.70. The molecule has 2 amide bonds. The van der Waals surface area contributed by atoms with Gasteiger partial charge in [0.2, 0.25) is 5.91 Å². The first kappa shape index (κ1) is 18.0. The first-order valence-corrected chi connectivity index (χ1v) is 8.95. The summed E-state index contributed by atoms with van der Waals surface area (Å²) in [6, 6.07) is 10.1. The highest BCUT2D eigenvalue weighted by molar-refractivity contribution is 6.05. The molecule has 2 aromatic rings. The molecule has 0 aromatic heterocycles. The van der Waals surface area contributed by atoms with Crippen LogP contribution in [0.3, 0.4) is 0 Å². The summed E-state index contributed by atoms with van der Waals surface area (Å²) in [4.78, 5) is 38.4. The van der Waals surface area contributed by atoms with Gasteiger partial charge in [-0.1, -0.05) is 0 Å². The Hall–Kier alpha value is -3.42. The third kappa shape index (κ3) is 3.53. The van der Waals surface area contributed by atoms with Gasteiger partial charge in [0, 0.05) is 12.2 Å². The van der Waals surface area contributed by atoms with Gasteiger partial charge < -0.3 is 20.3 Å². The normalized spacial score (nSPS) is 17.4. The van der Waals surface area contributed by atoms with Crippen LogP contribution in [0.15, 0.2) is 42.5 Å². The summed E-state index contributed by atoms with van der Waals surface area (Å²) in [7, 11) is 0. The first-order valence-electron chi connectivity index (χ1n) is 8.95. The Morgan fingerprint density at radius 1 is 1.21 bits per heavy atom. The van der Waals surface area contributed by atoms with Crippen LogP contribution in [0.5, 0.6) is 0 Å². The number of carbonyl (C=O) groups excluding carboxylic acids is 3. The van der Waals surface area contributed by atoms with E-state index < -0.39 is 24.3 Å². The lowest BCUT2D eigenvalue weighted by molar-refractivity contribution is -0.119. The van der Waals surface area contributed by atoms with Gasteiger partial charge in [0.25, 0.3) is 5.91 Å². The van der Waals surface area contributed by atoms with Crippen LogP contribution in [0.1, 0.15) is 23.2 Å². The second kappa shape index (κ2) is 7.30. The van der Waals surface area contributed by atoms with E-state index in [-0.39, 0.29) is 17.5 Å². The second-order valence-corrected chi connectivity index (χ2v) is 6.70. The summed E-state index contributed by atoms with van der Waals surface area (Å²) >= 11 is 0. The molecule has 0 unspecified atom stereocenters. The van der Waals surface area contributed by atoms with Gasteiger partial charge in [-0.05, 0) is 55.3 Å². The lowest BCUT2D eigenvalue weighted by Gasteiger charge is -2.33. The van der Waals surface area contributed by atoms with Gasteiger partial charge >= 0.3 is 5.97 Å². The van der Waals surface area contributed by atoms with E-state index in [0.717, 1.165) is 25.1 Å². The van der Waals surface area contributed by atoms with Crippen molar-refractivity contribution in [3.05, 3.63) is 53.8 Å². The van der Waals surface area contributed by atoms with Crippen LogP contribution in [0.25, 0.3) is 0 Å². The van der Waals surface area contributed by atoms with E-state index in [2.05, 4.69) is 10.6 Å². The predicted octanol–water partition coefficient (Wildman–Crippen LogP) is 2.54. The Labute approximate surface area is 160 Å². The van der Waals surface area contributed by atoms with E-state index in [1.165, 1.54) is 24.3 Å². The molecule has 0 radical (unpaired) electrons. The first-order chi connectivity index (χ1) is 13.5. The van der Waals surface area contributed by atoms with Crippen LogP contribution < -0.4 is 15.5 Å². The number of ether oxygens (including phenoxy) is 1. The van der Waals surface area contributed by atoms with E-state index >= 15 is 0 Å². The number of hydrogen-bond acceptors (Lipinski definition) is 5. The standard InChI is InChI=1S/C20H18FN3O4/c21-13-4-6-14(7-5-13)22-18(25)11-28-20(27)12-3-8-16-15(10-12)23-19(26)17-2-1-9-24(16)17/h3-8,10,17H,1-2,9,11H2,(H,22,25)(H,23,26)/t17-/m1/s1. The zero-order valence-electron chi connectivity index (χ0n) is 14.9. The van der Waals surface area contributed by atoms with Gasteiger partial charge in [-0.3, -0.25) is 9.59 Å². The summed E-state index contributed by atoms with van der Waals surface area (Å²) in [6.45, 7) is 0.326. The molecule has 144 valence electrons. The predicted molar refractivity (Wildman–Crippen MR) is 101 cm³/mol. The van der Waals surface area contributed by atoms with Crippen molar-refractivity contribution >= 4 is 34.8 Å². The van der Waals surface area contributed by atoms with E-state index in [4.69, 9.17) is 4.74 Å². The second-order valence-electron chi connectivity index (χ2n) is 6.70. The summed E-state index contributed by atoms with van der Waals surface area (Å²) in [5.41, 5.74) is 2.09. The number of carbonyl (C=O) groups is 3. The maximum Gasteiger partial charge on any atom is 0.338 e. The van der Waals surface area contributed by atoms with Crippen LogP contribution in [0.4, 0.5) is 21.5 Å². The number of nitrogens with zero attached hydrogens (tertiary/aromatic N) is 1.